The van der Waals surface area contributed by atoms with Crippen molar-refractivity contribution in [3.63, 3.8) is 0 Å². The van der Waals surface area contributed by atoms with Crippen molar-refractivity contribution in [1.29, 1.82) is 0 Å². The van der Waals surface area contributed by atoms with E-state index in [0.29, 0.717) is 44.9 Å². The Hall–Kier alpha value is -1.27. The van der Waals surface area contributed by atoms with Gasteiger partial charge in [-0.05, 0) is 62.9 Å². The maximum atomic E-state index is 17.0. The Morgan fingerprint density at radius 3 is 2.55 bits per heavy atom. The number of methoxy groups -OCH3 is 1. The Bertz CT molecular complexity index is 842. The lowest BCUT2D eigenvalue weighted by atomic mass is 9.44. The lowest BCUT2D eigenvalue weighted by molar-refractivity contribution is -0.202. The third-order valence-corrected chi connectivity index (χ3v) is 9.55. The van der Waals surface area contributed by atoms with Crippen molar-refractivity contribution in [3.05, 3.63) is 11.6 Å². The highest BCUT2D eigenvalue weighted by atomic mass is 35.5. The highest BCUT2D eigenvalue weighted by Crippen LogP contribution is 2.71. The van der Waals surface area contributed by atoms with Crippen molar-refractivity contribution >= 4 is 29.1 Å². The maximum Gasteiger partial charge on any atom is 0.333 e. The molecular formula is C24H32ClFO5. The van der Waals surface area contributed by atoms with Crippen LogP contribution in [0.3, 0.4) is 0 Å². The van der Waals surface area contributed by atoms with E-state index in [-0.39, 0.29) is 42.3 Å². The molecule has 0 spiro atoms. The molecule has 0 aromatic rings. The molecule has 5 nitrogen and oxygen atoms in total. The first-order valence-electron chi connectivity index (χ1n) is 11.3. The number of Topliss-reactive ketones (excluding diaryl/α,β-unsaturated/α-hetero) is 1. The Morgan fingerprint density at radius 1 is 1.13 bits per heavy atom. The number of ether oxygens (including phenoxy) is 2. The molecule has 0 aromatic heterocycles. The van der Waals surface area contributed by atoms with Crippen molar-refractivity contribution < 1.29 is 28.2 Å². The Morgan fingerprint density at radius 2 is 1.87 bits per heavy atom. The van der Waals surface area contributed by atoms with Crippen LogP contribution in [0.15, 0.2) is 11.6 Å². The van der Waals surface area contributed by atoms with E-state index in [0.717, 1.165) is 5.57 Å². The van der Waals surface area contributed by atoms with Gasteiger partial charge in [0.25, 0.3) is 0 Å². The van der Waals surface area contributed by atoms with Crippen molar-refractivity contribution in [2.45, 2.75) is 76.5 Å². The molecular weight excluding hydrogens is 423 g/mol. The van der Waals surface area contributed by atoms with Crippen LogP contribution in [0, 0.1) is 22.7 Å². The normalized spacial score (nSPS) is 44.0. The van der Waals surface area contributed by atoms with E-state index in [1.54, 1.807) is 6.08 Å². The molecule has 0 aliphatic heterocycles. The van der Waals surface area contributed by atoms with Gasteiger partial charge in [-0.15, -0.1) is 11.6 Å². The summed E-state index contributed by atoms with van der Waals surface area (Å²) in [6.07, 6.45) is 5.62. The summed E-state index contributed by atoms with van der Waals surface area (Å²) in [6.45, 7) is 3.71. The zero-order valence-electron chi connectivity index (χ0n) is 18.6. The largest absolute Gasteiger partial charge is 0.449 e. The fraction of sp³-hybridized carbons (Fsp3) is 0.792. The predicted octanol–water partition coefficient (Wildman–Crippen LogP) is 4.35. The molecule has 4 rings (SSSR count). The number of rotatable bonds is 5. The number of halogens is 2. The molecule has 0 bridgehead atoms. The van der Waals surface area contributed by atoms with Gasteiger partial charge in [0, 0.05) is 24.4 Å². The number of allylic oxidation sites excluding steroid dienone is 1. The van der Waals surface area contributed by atoms with Gasteiger partial charge in [0.15, 0.2) is 17.2 Å². The Kier molecular flexibility index (Phi) is 5.65. The molecule has 0 amide bonds. The number of carbonyl (C=O) groups excluding carboxylic acids is 3. The van der Waals surface area contributed by atoms with Crippen molar-refractivity contribution in [3.8, 4) is 0 Å². The summed E-state index contributed by atoms with van der Waals surface area (Å²) >= 11 is 5.98. The van der Waals surface area contributed by atoms with E-state index in [1.165, 1.54) is 7.11 Å². The highest BCUT2D eigenvalue weighted by Gasteiger charge is 2.72. The van der Waals surface area contributed by atoms with Gasteiger partial charge < -0.3 is 9.47 Å². The van der Waals surface area contributed by atoms with E-state index in [1.807, 2.05) is 13.8 Å². The van der Waals surface area contributed by atoms with Crippen LogP contribution in [0.1, 0.15) is 65.2 Å². The monoisotopic (exact) mass is 454 g/mol. The predicted molar refractivity (Wildman–Crippen MR) is 113 cm³/mol. The van der Waals surface area contributed by atoms with E-state index in [9.17, 15) is 14.4 Å². The molecule has 4 aliphatic rings. The van der Waals surface area contributed by atoms with Gasteiger partial charge in [-0.25, -0.2) is 9.18 Å². The van der Waals surface area contributed by atoms with Crippen molar-refractivity contribution in [2.24, 2.45) is 22.7 Å². The minimum Gasteiger partial charge on any atom is -0.449 e. The number of fused-ring (bicyclic) bond motifs is 5. The fourth-order valence-electron chi connectivity index (χ4n) is 7.58. The van der Waals surface area contributed by atoms with Crippen molar-refractivity contribution in [2.75, 3.05) is 19.6 Å². The Balaban J connectivity index is 1.73. The number of hydrogen-bond acceptors (Lipinski definition) is 5. The topological polar surface area (TPSA) is 69.7 Å². The first-order valence-corrected chi connectivity index (χ1v) is 11.8. The van der Waals surface area contributed by atoms with Crippen LogP contribution in [-0.4, -0.2) is 48.4 Å². The van der Waals surface area contributed by atoms with Crippen LogP contribution >= 0.6 is 11.6 Å². The molecule has 6 atom stereocenters. The van der Waals surface area contributed by atoms with Crippen LogP contribution in [0.25, 0.3) is 0 Å². The summed E-state index contributed by atoms with van der Waals surface area (Å²) in [6, 6.07) is 0. The SMILES string of the molecule is COCC(=O)O[C@]1(C(=O)CCl)CC[C@H]2[C@@H]3CCC4=CC(=O)CC[C@]4(C)[C@@]3(F)CC[C@@]21C. The van der Waals surface area contributed by atoms with E-state index >= 15 is 4.39 Å². The van der Waals surface area contributed by atoms with Crippen molar-refractivity contribution in [1.82, 2.24) is 0 Å². The molecule has 0 saturated heterocycles. The van der Waals surface area contributed by atoms with Gasteiger partial charge in [0.2, 0.25) is 0 Å². The number of ketones is 2. The summed E-state index contributed by atoms with van der Waals surface area (Å²) in [5.41, 5.74) is -3.16. The molecule has 0 radical (unpaired) electrons. The number of alkyl halides is 2. The quantitative estimate of drug-likeness (QED) is 0.456. The third kappa shape index (κ3) is 3.00. The molecule has 3 fully saturated rings. The summed E-state index contributed by atoms with van der Waals surface area (Å²) in [7, 11) is 1.40. The van der Waals surface area contributed by atoms with Gasteiger partial charge in [-0.3, -0.25) is 9.59 Å². The van der Waals surface area contributed by atoms with Crippen LogP contribution in [0.5, 0.6) is 0 Å². The molecule has 0 aromatic carbocycles. The summed E-state index contributed by atoms with van der Waals surface area (Å²) < 4.78 is 27.8. The molecule has 0 unspecified atom stereocenters. The standard InChI is InChI=1S/C24H32ClFO5/c1-21-8-6-16(27)12-15(21)4-5-18-17-7-9-24(19(28)13-25,31-20(29)14-30-3)22(17,2)10-11-23(18,21)26/h12,17-18H,4-11,13-14H2,1-3H3/t17-,18-,21-,22-,23+,24-/m0/s1. The second kappa shape index (κ2) is 7.65. The van der Waals surface area contributed by atoms with E-state index < -0.39 is 28.1 Å². The maximum absolute atomic E-state index is 17.0. The first kappa shape index (κ1) is 22.9. The van der Waals surface area contributed by atoms with Crippen LogP contribution in [0.4, 0.5) is 4.39 Å². The second-order valence-corrected chi connectivity index (χ2v) is 10.6. The number of hydrogen-bond donors (Lipinski definition) is 0. The van der Waals surface area contributed by atoms with E-state index in [4.69, 9.17) is 21.1 Å². The van der Waals surface area contributed by atoms with Crippen LogP contribution in [-0.2, 0) is 23.9 Å². The van der Waals surface area contributed by atoms with Crippen LogP contribution < -0.4 is 0 Å². The molecule has 0 heterocycles. The summed E-state index contributed by atoms with van der Waals surface area (Å²) in [5, 5.41) is 0. The zero-order chi connectivity index (χ0) is 22.7. The molecule has 4 aliphatic carbocycles. The van der Waals surface area contributed by atoms with Gasteiger partial charge in [0.1, 0.15) is 12.3 Å². The second-order valence-electron chi connectivity index (χ2n) is 10.3. The molecule has 7 heteroatoms. The number of esters is 1. The molecule has 172 valence electrons. The lowest BCUT2D eigenvalue weighted by Crippen LogP contribution is -2.64. The van der Waals surface area contributed by atoms with Gasteiger partial charge in [-0.2, -0.15) is 0 Å². The lowest BCUT2D eigenvalue weighted by Gasteiger charge is -2.62. The molecule has 0 N–H and O–H groups in total. The zero-order valence-corrected chi connectivity index (χ0v) is 19.4. The third-order valence-electron chi connectivity index (χ3n) is 9.31. The summed E-state index contributed by atoms with van der Waals surface area (Å²) in [5.74, 6) is -1.39. The smallest absolute Gasteiger partial charge is 0.333 e. The number of carbonyl (C=O) groups is 3. The summed E-state index contributed by atoms with van der Waals surface area (Å²) in [4.78, 5) is 37.5. The minimum atomic E-state index is -1.43. The van der Waals surface area contributed by atoms with Gasteiger partial charge >= 0.3 is 5.97 Å². The molecule has 3 saturated carbocycles. The average molecular weight is 455 g/mol. The minimum absolute atomic E-state index is 0.0906. The van der Waals surface area contributed by atoms with E-state index in [2.05, 4.69) is 0 Å². The fourth-order valence-corrected chi connectivity index (χ4v) is 7.80. The average Bonchev–Trinajstić information content (AvgIpc) is 3.02. The highest BCUT2D eigenvalue weighted by molar-refractivity contribution is 6.29. The van der Waals surface area contributed by atoms with Crippen LogP contribution in [0.2, 0.25) is 0 Å². The molecule has 31 heavy (non-hydrogen) atoms. The van der Waals surface area contributed by atoms with Gasteiger partial charge in [0.05, 0.1) is 5.88 Å². The van der Waals surface area contributed by atoms with Gasteiger partial charge in [-0.1, -0.05) is 19.4 Å². The Labute approximate surface area is 188 Å². The first-order chi connectivity index (χ1) is 14.6.